The van der Waals surface area contributed by atoms with Crippen LogP contribution < -0.4 is 4.74 Å². The Morgan fingerprint density at radius 2 is 2.27 bits per heavy atom. The summed E-state index contributed by atoms with van der Waals surface area (Å²) in [6, 6.07) is 8.22. The Morgan fingerprint density at radius 1 is 1.33 bits per heavy atom. The summed E-state index contributed by atoms with van der Waals surface area (Å²) < 4.78 is 5.72. The highest BCUT2D eigenvalue weighted by molar-refractivity contribution is 5.37. The van der Waals surface area contributed by atoms with Gasteiger partial charge in [-0.05, 0) is 23.6 Å². The molecule has 1 unspecified atom stereocenters. The van der Waals surface area contributed by atoms with Crippen LogP contribution >= 0.6 is 0 Å². The molecular formula is C12H12N2O. The van der Waals surface area contributed by atoms with Crippen LogP contribution in [0.15, 0.2) is 36.7 Å². The fraction of sp³-hybridized carbons (Fsp3) is 0.250. The second kappa shape index (κ2) is 3.42. The minimum absolute atomic E-state index is 0.429. The van der Waals surface area contributed by atoms with E-state index in [4.69, 9.17) is 4.74 Å². The normalized spacial score (nSPS) is 19.3. The minimum Gasteiger partial charge on any atom is -0.493 e. The lowest BCUT2D eigenvalue weighted by Gasteiger charge is -2.24. The summed E-state index contributed by atoms with van der Waals surface area (Å²) in [4.78, 5) is 0. The van der Waals surface area contributed by atoms with Gasteiger partial charge in [-0.2, -0.15) is 5.10 Å². The first kappa shape index (κ1) is 8.53. The van der Waals surface area contributed by atoms with Crippen LogP contribution in [0.2, 0.25) is 0 Å². The molecule has 0 fully saturated rings. The number of ether oxygens (including phenoxy) is 1. The number of hydrogen-bond donors (Lipinski definition) is 1. The lowest BCUT2D eigenvalue weighted by Crippen LogP contribution is -2.18. The summed E-state index contributed by atoms with van der Waals surface area (Å²) in [5.74, 6) is 1.45. The second-order valence-electron chi connectivity index (χ2n) is 3.85. The summed E-state index contributed by atoms with van der Waals surface area (Å²) in [5, 5.41) is 6.82. The number of nitrogens with zero attached hydrogens (tertiary/aromatic N) is 1. The first-order chi connectivity index (χ1) is 7.43. The molecule has 0 amide bonds. The van der Waals surface area contributed by atoms with Gasteiger partial charge in [0.15, 0.2) is 0 Å². The van der Waals surface area contributed by atoms with Crippen molar-refractivity contribution in [2.45, 2.75) is 12.3 Å². The third-order valence-electron chi connectivity index (χ3n) is 2.87. The number of aromatic amines is 1. The first-order valence-corrected chi connectivity index (χ1v) is 5.13. The van der Waals surface area contributed by atoms with E-state index in [9.17, 15) is 0 Å². The average molecular weight is 200 g/mol. The van der Waals surface area contributed by atoms with Crippen molar-refractivity contribution >= 4 is 0 Å². The molecule has 1 aliphatic heterocycles. The summed E-state index contributed by atoms with van der Waals surface area (Å²) in [7, 11) is 0. The van der Waals surface area contributed by atoms with Gasteiger partial charge in [0, 0.05) is 12.1 Å². The molecule has 0 saturated carbocycles. The maximum Gasteiger partial charge on any atom is 0.122 e. The molecule has 0 aliphatic carbocycles. The average Bonchev–Trinajstić information content (AvgIpc) is 2.82. The molecule has 1 N–H and O–H groups in total. The smallest absolute Gasteiger partial charge is 0.122 e. The Hall–Kier alpha value is -1.77. The van der Waals surface area contributed by atoms with Crippen LogP contribution in [0.5, 0.6) is 5.75 Å². The molecule has 0 spiro atoms. The van der Waals surface area contributed by atoms with Gasteiger partial charge in [-0.1, -0.05) is 18.2 Å². The summed E-state index contributed by atoms with van der Waals surface area (Å²) in [6.07, 6.45) is 4.86. The van der Waals surface area contributed by atoms with Gasteiger partial charge in [0.05, 0.1) is 12.8 Å². The SMILES string of the molecule is c1ccc2c(c1)CC(c1cn[nH]c1)CO2. The molecule has 3 rings (SSSR count). The highest BCUT2D eigenvalue weighted by Gasteiger charge is 2.21. The molecule has 15 heavy (non-hydrogen) atoms. The van der Waals surface area contributed by atoms with Crippen molar-refractivity contribution in [2.24, 2.45) is 0 Å². The molecule has 0 bridgehead atoms. The monoisotopic (exact) mass is 200 g/mol. The second-order valence-corrected chi connectivity index (χ2v) is 3.85. The maximum absolute atomic E-state index is 5.72. The van der Waals surface area contributed by atoms with Crippen molar-refractivity contribution < 1.29 is 4.74 Å². The van der Waals surface area contributed by atoms with Crippen LogP contribution in [-0.2, 0) is 6.42 Å². The number of H-pyrrole nitrogens is 1. The van der Waals surface area contributed by atoms with Crippen LogP contribution in [-0.4, -0.2) is 16.8 Å². The van der Waals surface area contributed by atoms with Crippen molar-refractivity contribution in [3.63, 3.8) is 0 Å². The van der Waals surface area contributed by atoms with E-state index in [1.165, 1.54) is 11.1 Å². The van der Waals surface area contributed by atoms with Crippen LogP contribution in [0.3, 0.4) is 0 Å². The molecule has 1 aromatic heterocycles. The van der Waals surface area contributed by atoms with Gasteiger partial charge in [-0.25, -0.2) is 0 Å². The predicted molar refractivity (Wildman–Crippen MR) is 57.0 cm³/mol. The molecule has 76 valence electrons. The number of fused-ring (bicyclic) bond motifs is 1. The third-order valence-corrected chi connectivity index (χ3v) is 2.87. The molecule has 0 radical (unpaired) electrons. The minimum atomic E-state index is 0.429. The zero-order valence-electron chi connectivity index (χ0n) is 8.31. The zero-order chi connectivity index (χ0) is 10.1. The fourth-order valence-electron chi connectivity index (χ4n) is 2.03. The Kier molecular flexibility index (Phi) is 1.95. The molecule has 2 aromatic rings. The molecule has 3 nitrogen and oxygen atoms in total. The van der Waals surface area contributed by atoms with Crippen molar-refractivity contribution in [1.82, 2.24) is 10.2 Å². The van der Waals surface area contributed by atoms with Crippen molar-refractivity contribution in [3.8, 4) is 5.75 Å². The summed E-state index contributed by atoms with van der Waals surface area (Å²) in [5.41, 5.74) is 2.51. The lowest BCUT2D eigenvalue weighted by atomic mass is 9.92. The van der Waals surface area contributed by atoms with Gasteiger partial charge in [0.25, 0.3) is 0 Å². The molecular weight excluding hydrogens is 188 g/mol. The highest BCUT2D eigenvalue weighted by Crippen LogP contribution is 2.31. The quantitative estimate of drug-likeness (QED) is 0.765. The van der Waals surface area contributed by atoms with Gasteiger partial charge < -0.3 is 4.74 Å². The van der Waals surface area contributed by atoms with E-state index in [-0.39, 0.29) is 0 Å². The van der Waals surface area contributed by atoms with Crippen molar-refractivity contribution in [2.75, 3.05) is 6.61 Å². The fourth-order valence-corrected chi connectivity index (χ4v) is 2.03. The van der Waals surface area contributed by atoms with Gasteiger partial charge in [-0.3, -0.25) is 5.10 Å². The largest absolute Gasteiger partial charge is 0.493 e. The Morgan fingerprint density at radius 3 is 3.13 bits per heavy atom. The molecule has 1 aliphatic rings. The molecule has 1 aromatic carbocycles. The van der Waals surface area contributed by atoms with E-state index in [0.29, 0.717) is 5.92 Å². The summed E-state index contributed by atoms with van der Waals surface area (Å²) >= 11 is 0. The predicted octanol–water partition coefficient (Wildman–Crippen LogP) is 2.13. The van der Waals surface area contributed by atoms with E-state index in [0.717, 1.165) is 18.8 Å². The lowest BCUT2D eigenvalue weighted by molar-refractivity contribution is 0.262. The van der Waals surface area contributed by atoms with Gasteiger partial charge in [-0.15, -0.1) is 0 Å². The molecule has 0 saturated heterocycles. The molecule has 2 heterocycles. The van der Waals surface area contributed by atoms with E-state index < -0.39 is 0 Å². The van der Waals surface area contributed by atoms with Crippen molar-refractivity contribution in [3.05, 3.63) is 47.8 Å². The third kappa shape index (κ3) is 1.50. The number of rotatable bonds is 1. The Labute approximate surface area is 88.1 Å². The molecule has 3 heteroatoms. The standard InChI is InChI=1S/C12H12N2O/c1-2-4-12-9(3-1)5-10(8-15-12)11-6-13-14-7-11/h1-4,6-7,10H,5,8H2,(H,13,14). The van der Waals surface area contributed by atoms with Gasteiger partial charge in [0.2, 0.25) is 0 Å². The summed E-state index contributed by atoms with van der Waals surface area (Å²) in [6.45, 7) is 0.747. The number of para-hydroxylation sites is 1. The number of nitrogens with one attached hydrogen (secondary N) is 1. The zero-order valence-corrected chi connectivity index (χ0v) is 8.31. The van der Waals surface area contributed by atoms with Crippen LogP contribution in [0.4, 0.5) is 0 Å². The Bertz CT molecular complexity index is 450. The molecule has 1 atom stereocenters. The van der Waals surface area contributed by atoms with Crippen LogP contribution in [0.25, 0.3) is 0 Å². The number of benzene rings is 1. The first-order valence-electron chi connectivity index (χ1n) is 5.13. The van der Waals surface area contributed by atoms with E-state index in [2.05, 4.69) is 22.3 Å². The van der Waals surface area contributed by atoms with Crippen LogP contribution in [0.1, 0.15) is 17.0 Å². The van der Waals surface area contributed by atoms with E-state index in [1.807, 2.05) is 24.5 Å². The van der Waals surface area contributed by atoms with Crippen LogP contribution in [0, 0.1) is 0 Å². The van der Waals surface area contributed by atoms with E-state index in [1.54, 1.807) is 0 Å². The topological polar surface area (TPSA) is 37.9 Å². The van der Waals surface area contributed by atoms with Gasteiger partial charge in [0.1, 0.15) is 5.75 Å². The van der Waals surface area contributed by atoms with E-state index >= 15 is 0 Å². The van der Waals surface area contributed by atoms with Crippen molar-refractivity contribution in [1.29, 1.82) is 0 Å². The number of hydrogen-bond acceptors (Lipinski definition) is 2. The Balaban J connectivity index is 1.89. The number of aromatic nitrogens is 2. The van der Waals surface area contributed by atoms with Gasteiger partial charge >= 0.3 is 0 Å². The highest BCUT2D eigenvalue weighted by atomic mass is 16.5. The maximum atomic E-state index is 5.72.